The van der Waals surface area contributed by atoms with Gasteiger partial charge in [-0.15, -0.1) is 8.42 Å². The second-order valence-corrected chi connectivity index (χ2v) is 29.9. The third-order valence-corrected chi connectivity index (χ3v) is 17.6. The van der Waals surface area contributed by atoms with Crippen molar-refractivity contribution in [2.24, 2.45) is 22.3 Å². The van der Waals surface area contributed by atoms with Crippen LogP contribution < -0.4 is 73.7 Å². The Hall–Kier alpha value is -8.11. The molecule has 0 saturated heterocycles. The number of rotatable bonds is 29. The molecule has 0 atom stereocenters. The molecular formula is C69H104Cl2N20O12S3. The Morgan fingerprint density at radius 3 is 1.13 bits per heavy atom. The molecule has 0 radical (unpaired) electrons. The summed E-state index contributed by atoms with van der Waals surface area (Å²) in [5, 5.41) is 18.9. The summed E-state index contributed by atoms with van der Waals surface area (Å²) in [4.78, 5) is 47.1. The van der Waals surface area contributed by atoms with Crippen LogP contribution in [-0.2, 0) is 54.1 Å². The highest BCUT2D eigenvalue weighted by atomic mass is 35.5. The number of benzene rings is 4. The number of hydrogen-bond acceptors (Lipinski definition) is 27. The highest BCUT2D eigenvalue weighted by molar-refractivity contribution is 7.88. The van der Waals surface area contributed by atoms with Gasteiger partial charge in [-0.3, -0.25) is 0 Å². The maximum absolute atomic E-state index is 11.9. The lowest BCUT2D eigenvalue weighted by molar-refractivity contribution is -0.512. The molecule has 0 bridgehead atoms. The molecule has 5 aromatic heterocycles. The summed E-state index contributed by atoms with van der Waals surface area (Å²) in [5.41, 5.74) is 29.0. The quantitative estimate of drug-likeness (QED) is 0.0183. The minimum Gasteiger partial charge on any atom is -1.00 e. The highest BCUT2D eigenvalue weighted by Crippen LogP contribution is 2.26. The smallest absolute Gasteiger partial charge is 0.474 e. The molecule has 0 aliphatic heterocycles. The maximum atomic E-state index is 11.9. The van der Waals surface area contributed by atoms with E-state index in [-0.39, 0.29) is 32.1 Å². The molecule has 0 aliphatic rings. The van der Waals surface area contributed by atoms with E-state index < -0.39 is 42.1 Å². The fourth-order valence-corrected chi connectivity index (χ4v) is 10.7. The zero-order chi connectivity index (χ0) is 77.9. The van der Waals surface area contributed by atoms with Crippen molar-refractivity contribution in [2.75, 3.05) is 146 Å². The standard InChI is InChI=1S/C15H22N4O3S.C14H21N5O3S.C14H20N4O.C12H19N3O4S.C10H9ClN2.C4H12N2O.ClH/c1-11-8-13-14(9-12(11)2)17-10-18-15(13)16-4-6-22-7-5-19-23(3,20)21;1-10-7-12-13(8-11(10)2)17-9-18-14(12)16-3-5-22-6-4-19-23(15,20)21;1-10-7-12-13(8-11(10)2)17-9-18-14(12)16-4-6-19-5-3-15;1-12(2,3)19-11(16)13-20(17,18)15-8-6-10(7-9-15)14(4)5;1-6-3-8-9(4-7(6)2)12-5-13-10(8)11;5-1-3-7-4-2-6;/h8-10,19H,4-7H2,1-3H3,(H,16,17,18);7-9,19H,3-6H2,1-2H3,(H2,15,20,21)(H,16,17,18);7-9H,3-6,15H2,1-2H3,(H,16,17,18);6-9H,1-5H3;3-5H,1-2H3;1-6H2;1H. The van der Waals surface area contributed by atoms with Gasteiger partial charge in [0.15, 0.2) is 12.4 Å². The van der Waals surface area contributed by atoms with Crippen molar-refractivity contribution >= 4 is 115 Å². The predicted molar refractivity (Wildman–Crippen MR) is 416 cm³/mol. The Bertz CT molecular complexity index is 4440. The summed E-state index contributed by atoms with van der Waals surface area (Å²) >= 11 is 5.93. The summed E-state index contributed by atoms with van der Waals surface area (Å²) in [7, 11) is -7.13. The lowest BCUT2D eigenvalue weighted by Crippen LogP contribution is -3.00. The van der Waals surface area contributed by atoms with Gasteiger partial charge in [0, 0.05) is 106 Å². The Labute approximate surface area is 633 Å². The Morgan fingerprint density at radius 2 is 0.792 bits per heavy atom. The zero-order valence-electron chi connectivity index (χ0n) is 62.7. The Morgan fingerprint density at radius 1 is 0.481 bits per heavy atom. The fourth-order valence-electron chi connectivity index (χ4n) is 8.91. The number of ether oxygens (including phenoxy) is 5. The van der Waals surface area contributed by atoms with Gasteiger partial charge in [0.1, 0.15) is 53.5 Å². The average Bonchev–Trinajstić information content (AvgIpc) is 0.802. The first-order valence-electron chi connectivity index (χ1n) is 33.4. The van der Waals surface area contributed by atoms with Crippen LogP contribution in [0.2, 0.25) is 5.15 Å². The van der Waals surface area contributed by atoms with E-state index in [0.717, 1.165) is 77.0 Å². The van der Waals surface area contributed by atoms with Gasteiger partial charge in [0.25, 0.3) is 10.2 Å². The topological polar surface area (TPSA) is 452 Å². The van der Waals surface area contributed by atoms with E-state index in [1.165, 1.54) is 75.9 Å². The van der Waals surface area contributed by atoms with Crippen LogP contribution >= 0.6 is 11.6 Å². The van der Waals surface area contributed by atoms with E-state index in [0.29, 0.717) is 90.7 Å². The molecule has 4 aromatic carbocycles. The van der Waals surface area contributed by atoms with Gasteiger partial charge in [0.05, 0.1) is 81.2 Å². The molecule has 106 heavy (non-hydrogen) atoms. The monoisotopic (exact) mass is 1570 g/mol. The number of halogens is 2. The van der Waals surface area contributed by atoms with Crippen LogP contribution in [0.4, 0.5) is 27.9 Å². The number of nitrogens with two attached hydrogens (primary N) is 4. The van der Waals surface area contributed by atoms with Crippen molar-refractivity contribution in [1.29, 1.82) is 0 Å². The van der Waals surface area contributed by atoms with Gasteiger partial charge >= 0.3 is 16.3 Å². The molecule has 0 spiro atoms. The first-order chi connectivity index (χ1) is 49.6. The van der Waals surface area contributed by atoms with Gasteiger partial charge in [-0.25, -0.2) is 67.7 Å². The molecule has 0 fully saturated rings. The van der Waals surface area contributed by atoms with Gasteiger partial charge < -0.3 is 74.1 Å². The van der Waals surface area contributed by atoms with E-state index in [2.05, 4.69) is 131 Å². The van der Waals surface area contributed by atoms with Gasteiger partial charge in [-0.1, -0.05) is 15.6 Å². The summed E-state index contributed by atoms with van der Waals surface area (Å²) in [6, 6.07) is 19.7. The normalized spacial score (nSPS) is 11.2. The highest BCUT2D eigenvalue weighted by Gasteiger charge is 2.28. The lowest BCUT2D eigenvalue weighted by Gasteiger charge is -2.18. The van der Waals surface area contributed by atoms with Gasteiger partial charge in [0.2, 0.25) is 10.0 Å². The number of nitrogens with one attached hydrogen (secondary N) is 6. The van der Waals surface area contributed by atoms with Crippen molar-refractivity contribution < 1.29 is 70.1 Å². The number of carbonyl (C=O) groups is 1. The van der Waals surface area contributed by atoms with Crippen LogP contribution in [0.5, 0.6) is 0 Å². The number of sulfonamides is 1. The maximum Gasteiger partial charge on any atom is 0.474 e. The summed E-state index contributed by atoms with van der Waals surface area (Å²) in [6.07, 6.45) is 8.94. The van der Waals surface area contributed by atoms with E-state index in [1.54, 1.807) is 39.2 Å². The summed E-state index contributed by atoms with van der Waals surface area (Å²) in [6.45, 7) is 29.3. The van der Waals surface area contributed by atoms with Crippen LogP contribution in [0.25, 0.3) is 43.6 Å². The molecular weight excluding hydrogens is 1470 g/mol. The van der Waals surface area contributed by atoms with Crippen molar-refractivity contribution in [1.82, 2.24) is 54.0 Å². The largest absolute Gasteiger partial charge is 1.00 e. The van der Waals surface area contributed by atoms with E-state index in [1.807, 2.05) is 61.8 Å². The number of amides is 1. The minimum atomic E-state index is -4.00. The molecule has 0 unspecified atom stereocenters. The number of hydrogen-bond donors (Lipinski definition) is 10. The van der Waals surface area contributed by atoms with Crippen molar-refractivity contribution in [2.45, 2.75) is 81.8 Å². The minimum absolute atomic E-state index is 0. The predicted octanol–water partition coefficient (Wildman–Crippen LogP) is 2.81. The van der Waals surface area contributed by atoms with Gasteiger partial charge in [-0.05, 0) is 169 Å². The number of aromatic nitrogens is 9. The first-order valence-corrected chi connectivity index (χ1v) is 38.6. The van der Waals surface area contributed by atoms with Crippen LogP contribution in [0.3, 0.4) is 0 Å². The Kier molecular flexibility index (Phi) is 40.1. The second kappa shape index (κ2) is 46.2. The van der Waals surface area contributed by atoms with E-state index in [4.69, 9.17) is 57.6 Å². The van der Waals surface area contributed by atoms with Crippen LogP contribution in [0, 0.1) is 55.4 Å². The zero-order valence-corrected chi connectivity index (χ0v) is 66.7. The molecule has 584 valence electrons. The van der Waals surface area contributed by atoms with Crippen molar-refractivity contribution in [3.8, 4) is 0 Å². The SMILES string of the molecule is CN(C)c1cc[n+](S(=O)(=O)NC(=O)OC(C)(C)C)cc1.Cc1cc2ncnc(Cl)c2cc1C.Cc1cc2ncnc(NCCOCCN)c2cc1C.Cc1cc2ncnc(NCCOCCNS(C)(=O)=O)c2cc1C.Cc1cc2ncnc(NCCOCCNS(N)(=O)=O)c2cc1C.NCCOCCN.[Cl-]. The number of carbonyl (C=O) groups excluding carboxylic acids is 1. The average molecular weight is 1570 g/mol. The molecule has 37 heteroatoms. The number of nitrogens with zero attached hydrogens (tertiary/aromatic N) is 10. The number of pyridine rings is 1. The van der Waals surface area contributed by atoms with Crippen molar-refractivity contribution in [3.05, 3.63) is 148 Å². The third kappa shape index (κ3) is 34.2. The second-order valence-electron chi connectivity index (χ2n) is 24.7. The lowest BCUT2D eigenvalue weighted by atomic mass is 10.1. The molecule has 9 aromatic rings. The fraction of sp³-hybridized carbons (Fsp3) is 0.449. The molecule has 5 heterocycles. The summed E-state index contributed by atoms with van der Waals surface area (Å²) in [5.74, 6) is 2.38. The van der Waals surface area contributed by atoms with Gasteiger partial charge in [-0.2, -0.15) is 13.1 Å². The molecule has 1 amide bonds. The first kappa shape index (κ1) is 92.1. The molecule has 32 nitrogen and oxygen atoms in total. The van der Waals surface area contributed by atoms with Crippen LogP contribution in [0.1, 0.15) is 65.3 Å². The summed E-state index contributed by atoms with van der Waals surface area (Å²) < 4.78 is 100. The molecule has 9 rings (SSSR count). The number of anilines is 4. The number of aryl methyl sites for hydroxylation is 8. The number of fused-ring (bicyclic) bond motifs is 4. The molecule has 0 saturated carbocycles. The molecule has 14 N–H and O–H groups in total. The van der Waals surface area contributed by atoms with E-state index in [9.17, 15) is 30.0 Å². The Balaban J connectivity index is 0.000000338. The molecule has 0 aliphatic carbocycles. The van der Waals surface area contributed by atoms with Crippen LogP contribution in [0.15, 0.2) is 98.4 Å². The van der Waals surface area contributed by atoms with E-state index >= 15 is 0 Å². The van der Waals surface area contributed by atoms with Crippen LogP contribution in [-0.4, -0.2) is 202 Å². The third-order valence-electron chi connectivity index (χ3n) is 14.7. The van der Waals surface area contributed by atoms with Crippen molar-refractivity contribution in [3.63, 3.8) is 0 Å².